The number of aromatic nitrogens is 1. The van der Waals surface area contributed by atoms with E-state index in [0.717, 1.165) is 12.8 Å². The van der Waals surface area contributed by atoms with Gasteiger partial charge in [0, 0.05) is 19.9 Å². The molecule has 3 heterocycles. The highest BCUT2D eigenvalue weighted by molar-refractivity contribution is 5.94. The maximum absolute atomic E-state index is 12.5. The molecule has 1 N–H and O–H groups in total. The Kier molecular flexibility index (Phi) is 3.35. The molecule has 0 saturated carbocycles. The van der Waals surface area contributed by atoms with Crippen LogP contribution >= 0.6 is 0 Å². The van der Waals surface area contributed by atoms with Crippen molar-refractivity contribution >= 4 is 5.91 Å². The minimum absolute atomic E-state index is 0.128. The highest BCUT2D eigenvalue weighted by atomic mass is 16.6. The van der Waals surface area contributed by atoms with E-state index in [0.29, 0.717) is 19.7 Å². The van der Waals surface area contributed by atoms with Gasteiger partial charge in [-0.1, -0.05) is 0 Å². The normalized spacial score (nSPS) is 29.2. The van der Waals surface area contributed by atoms with E-state index in [1.165, 1.54) is 6.20 Å². The van der Waals surface area contributed by atoms with Gasteiger partial charge in [-0.2, -0.15) is 0 Å². The van der Waals surface area contributed by atoms with E-state index in [1.54, 1.807) is 24.1 Å². The number of likely N-dealkylation sites (tertiary alicyclic amines) is 1. The van der Waals surface area contributed by atoms with Crippen LogP contribution in [0.25, 0.3) is 0 Å². The highest BCUT2D eigenvalue weighted by Gasteiger charge is 2.51. The zero-order valence-electron chi connectivity index (χ0n) is 11.4. The van der Waals surface area contributed by atoms with Crippen molar-refractivity contribution < 1.29 is 14.3 Å². The number of aromatic amines is 1. The Balaban J connectivity index is 1.84. The van der Waals surface area contributed by atoms with Crippen LogP contribution in [0.1, 0.15) is 23.2 Å². The summed E-state index contributed by atoms with van der Waals surface area (Å²) in [5.41, 5.74) is -0.594. The molecule has 0 radical (unpaired) electrons. The predicted octanol–water partition coefficient (Wildman–Crippen LogP) is 0.395. The van der Waals surface area contributed by atoms with Crippen LogP contribution in [0.4, 0.5) is 0 Å². The second-order valence-corrected chi connectivity index (χ2v) is 5.34. The van der Waals surface area contributed by atoms with Crippen LogP contribution < -0.4 is 5.56 Å². The van der Waals surface area contributed by atoms with Gasteiger partial charge in [0.25, 0.3) is 11.5 Å². The summed E-state index contributed by atoms with van der Waals surface area (Å²) in [7, 11) is 1.64. The van der Waals surface area contributed by atoms with Crippen LogP contribution in [-0.4, -0.2) is 54.3 Å². The third kappa shape index (κ3) is 2.05. The van der Waals surface area contributed by atoms with Crippen LogP contribution in [0.15, 0.2) is 23.1 Å². The molecule has 2 saturated heterocycles. The van der Waals surface area contributed by atoms with Gasteiger partial charge < -0.3 is 19.4 Å². The SMILES string of the molecule is CO[C@H]1CN(C(=O)c2ccc[nH]c2=O)C[C@@]12CCCO2. The Morgan fingerprint density at radius 2 is 2.45 bits per heavy atom. The van der Waals surface area contributed by atoms with Crippen LogP contribution in [-0.2, 0) is 9.47 Å². The third-order valence-corrected chi connectivity index (χ3v) is 4.19. The molecule has 1 amide bonds. The first-order chi connectivity index (χ1) is 9.66. The molecule has 6 heteroatoms. The molecular formula is C14H18N2O4. The number of ether oxygens (including phenoxy) is 2. The van der Waals surface area contributed by atoms with Gasteiger partial charge in [-0.15, -0.1) is 0 Å². The fourth-order valence-electron chi connectivity index (χ4n) is 3.16. The van der Waals surface area contributed by atoms with Crippen LogP contribution in [0.2, 0.25) is 0 Å². The van der Waals surface area contributed by atoms with Gasteiger partial charge in [0.05, 0.1) is 13.1 Å². The highest BCUT2D eigenvalue weighted by Crippen LogP contribution is 2.37. The van der Waals surface area contributed by atoms with E-state index >= 15 is 0 Å². The summed E-state index contributed by atoms with van der Waals surface area (Å²) in [5.74, 6) is -0.263. The fraction of sp³-hybridized carbons (Fsp3) is 0.571. The summed E-state index contributed by atoms with van der Waals surface area (Å²) in [6, 6.07) is 3.20. The van der Waals surface area contributed by atoms with Crippen LogP contribution in [0, 0.1) is 0 Å². The van der Waals surface area contributed by atoms with E-state index in [9.17, 15) is 9.59 Å². The van der Waals surface area contributed by atoms with Gasteiger partial charge in [-0.05, 0) is 25.0 Å². The first-order valence-electron chi connectivity index (χ1n) is 6.80. The number of H-pyrrole nitrogens is 1. The summed E-state index contributed by atoms with van der Waals surface area (Å²) in [6.07, 6.45) is 3.26. The molecule has 3 rings (SSSR count). The van der Waals surface area contributed by atoms with Gasteiger partial charge in [-0.3, -0.25) is 9.59 Å². The maximum Gasteiger partial charge on any atom is 0.260 e. The zero-order valence-corrected chi connectivity index (χ0v) is 11.4. The number of nitrogens with one attached hydrogen (secondary N) is 1. The van der Waals surface area contributed by atoms with Crippen molar-refractivity contribution in [3.8, 4) is 0 Å². The largest absolute Gasteiger partial charge is 0.377 e. The predicted molar refractivity (Wildman–Crippen MR) is 71.7 cm³/mol. The number of carbonyl (C=O) groups excluding carboxylic acids is 1. The summed E-state index contributed by atoms with van der Waals surface area (Å²) < 4.78 is 11.3. The monoisotopic (exact) mass is 278 g/mol. The molecule has 0 aliphatic carbocycles. The minimum atomic E-state index is -0.397. The Hall–Kier alpha value is -1.66. The van der Waals surface area contributed by atoms with E-state index in [4.69, 9.17) is 9.47 Å². The van der Waals surface area contributed by atoms with Crippen molar-refractivity contribution in [2.75, 3.05) is 26.8 Å². The van der Waals surface area contributed by atoms with Crippen molar-refractivity contribution in [3.63, 3.8) is 0 Å². The van der Waals surface area contributed by atoms with E-state index in [-0.39, 0.29) is 23.1 Å². The average Bonchev–Trinajstić information content (AvgIpc) is 3.07. The zero-order chi connectivity index (χ0) is 14.2. The van der Waals surface area contributed by atoms with Crippen LogP contribution in [0.5, 0.6) is 0 Å². The van der Waals surface area contributed by atoms with E-state index in [2.05, 4.69) is 4.98 Å². The molecule has 108 valence electrons. The second-order valence-electron chi connectivity index (χ2n) is 5.34. The average molecular weight is 278 g/mol. The Morgan fingerprint density at radius 1 is 1.60 bits per heavy atom. The van der Waals surface area contributed by atoms with E-state index in [1.807, 2.05) is 0 Å². The number of hydrogen-bond donors (Lipinski definition) is 1. The lowest BCUT2D eigenvalue weighted by molar-refractivity contribution is -0.0754. The summed E-state index contributed by atoms with van der Waals surface area (Å²) in [5, 5.41) is 0. The number of carbonyl (C=O) groups is 1. The molecule has 1 spiro atoms. The maximum atomic E-state index is 12.5. The standard InChI is InChI=1S/C14H18N2O4/c1-19-11-8-16(9-14(11)5-3-7-20-14)13(18)10-4-2-6-15-12(10)17/h2,4,6,11H,3,5,7-9H2,1H3,(H,15,17)/t11-,14-/m0/s1. The first kappa shape index (κ1) is 13.3. The number of hydrogen-bond acceptors (Lipinski definition) is 4. The van der Waals surface area contributed by atoms with Crippen molar-refractivity contribution in [2.45, 2.75) is 24.5 Å². The van der Waals surface area contributed by atoms with Crippen molar-refractivity contribution in [1.29, 1.82) is 0 Å². The third-order valence-electron chi connectivity index (χ3n) is 4.19. The topological polar surface area (TPSA) is 71.6 Å². The Morgan fingerprint density at radius 3 is 3.10 bits per heavy atom. The molecule has 2 aliphatic heterocycles. The lowest BCUT2D eigenvalue weighted by Gasteiger charge is -2.27. The Labute approximate surface area is 116 Å². The van der Waals surface area contributed by atoms with Gasteiger partial charge >= 0.3 is 0 Å². The number of rotatable bonds is 2. The molecule has 0 aromatic carbocycles. The molecule has 20 heavy (non-hydrogen) atoms. The molecule has 0 unspecified atom stereocenters. The van der Waals surface area contributed by atoms with Gasteiger partial charge in [-0.25, -0.2) is 0 Å². The van der Waals surface area contributed by atoms with Crippen molar-refractivity contribution in [1.82, 2.24) is 9.88 Å². The molecule has 2 aliphatic rings. The summed E-state index contributed by atoms with van der Waals surface area (Å²) in [6.45, 7) is 1.65. The summed E-state index contributed by atoms with van der Waals surface area (Å²) in [4.78, 5) is 28.4. The van der Waals surface area contributed by atoms with Crippen molar-refractivity contribution in [3.05, 3.63) is 34.2 Å². The Bertz CT molecular complexity index is 562. The van der Waals surface area contributed by atoms with Crippen molar-refractivity contribution in [2.24, 2.45) is 0 Å². The van der Waals surface area contributed by atoms with Gasteiger partial charge in [0.15, 0.2) is 0 Å². The summed E-state index contributed by atoms with van der Waals surface area (Å²) >= 11 is 0. The fourth-order valence-corrected chi connectivity index (χ4v) is 3.16. The van der Waals surface area contributed by atoms with E-state index < -0.39 is 5.60 Å². The molecule has 2 atom stereocenters. The smallest absolute Gasteiger partial charge is 0.260 e. The number of amides is 1. The molecule has 1 aromatic rings. The second kappa shape index (κ2) is 5.03. The molecule has 0 bridgehead atoms. The molecule has 2 fully saturated rings. The van der Waals surface area contributed by atoms with Gasteiger partial charge in [0.2, 0.25) is 0 Å². The molecular weight excluding hydrogens is 260 g/mol. The first-order valence-corrected chi connectivity index (χ1v) is 6.80. The van der Waals surface area contributed by atoms with Gasteiger partial charge in [0.1, 0.15) is 17.3 Å². The molecule has 1 aromatic heterocycles. The lowest BCUT2D eigenvalue weighted by Crippen LogP contribution is -2.42. The number of nitrogens with zero attached hydrogens (tertiary/aromatic N) is 1. The molecule has 6 nitrogen and oxygen atoms in total. The number of pyridine rings is 1. The quantitative estimate of drug-likeness (QED) is 0.849. The van der Waals surface area contributed by atoms with Crippen LogP contribution in [0.3, 0.4) is 0 Å². The lowest BCUT2D eigenvalue weighted by atomic mass is 9.96. The number of methoxy groups -OCH3 is 1. The minimum Gasteiger partial charge on any atom is -0.377 e.